The van der Waals surface area contributed by atoms with E-state index in [2.05, 4.69) is 10.4 Å². The molecule has 106 valence electrons. The molecule has 1 heterocycles. The molecule has 6 heteroatoms. The van der Waals surface area contributed by atoms with Gasteiger partial charge in [0, 0.05) is 23.6 Å². The number of hydrogen-bond acceptors (Lipinski definition) is 3. The number of aliphatic hydroxyl groups excluding tert-OH is 1. The van der Waals surface area contributed by atoms with Crippen LogP contribution in [0.4, 0.5) is 0 Å². The van der Waals surface area contributed by atoms with Gasteiger partial charge in [0.1, 0.15) is 0 Å². The lowest BCUT2D eigenvalue weighted by Gasteiger charge is -2.24. The zero-order valence-corrected chi connectivity index (χ0v) is 11.7. The van der Waals surface area contributed by atoms with Crippen LogP contribution in [-0.2, 0) is 17.8 Å². The third kappa shape index (κ3) is 3.48. The fourth-order valence-electron chi connectivity index (χ4n) is 2.55. The lowest BCUT2D eigenvalue weighted by molar-refractivity contribution is -0.121. The van der Waals surface area contributed by atoms with Gasteiger partial charge in [-0.25, -0.2) is 0 Å². The minimum atomic E-state index is 0.0495. The smallest absolute Gasteiger partial charge is 0.220 e. The molecule has 1 amide bonds. The number of alkyl halides is 1. The lowest BCUT2D eigenvalue weighted by atomic mass is 9.93. The first-order valence-corrected chi connectivity index (χ1v) is 7.30. The summed E-state index contributed by atoms with van der Waals surface area (Å²) in [7, 11) is 0. The number of aromatic nitrogens is 2. The van der Waals surface area contributed by atoms with Gasteiger partial charge in [-0.15, -0.1) is 11.6 Å². The molecule has 0 bridgehead atoms. The maximum absolute atomic E-state index is 11.8. The number of fused-ring (bicyclic) bond motifs is 1. The Morgan fingerprint density at radius 3 is 3.21 bits per heavy atom. The monoisotopic (exact) mass is 285 g/mol. The van der Waals surface area contributed by atoms with Crippen molar-refractivity contribution in [1.29, 1.82) is 0 Å². The second-order valence-electron chi connectivity index (χ2n) is 4.80. The summed E-state index contributed by atoms with van der Waals surface area (Å²) in [4.78, 5) is 11.8. The van der Waals surface area contributed by atoms with Gasteiger partial charge in [-0.3, -0.25) is 9.48 Å². The molecule has 1 aromatic rings. The molecule has 1 unspecified atom stereocenters. The van der Waals surface area contributed by atoms with Crippen molar-refractivity contribution in [2.45, 2.75) is 44.7 Å². The number of aliphatic hydroxyl groups is 1. The van der Waals surface area contributed by atoms with Crippen LogP contribution >= 0.6 is 11.6 Å². The molecule has 0 aliphatic heterocycles. The highest BCUT2D eigenvalue weighted by molar-refractivity contribution is 6.17. The number of hydrogen-bond donors (Lipinski definition) is 2. The molecule has 0 radical (unpaired) electrons. The van der Waals surface area contributed by atoms with E-state index in [4.69, 9.17) is 16.7 Å². The summed E-state index contributed by atoms with van der Waals surface area (Å²) in [6.45, 7) is 0.600. The van der Waals surface area contributed by atoms with E-state index in [0.29, 0.717) is 25.3 Å². The van der Waals surface area contributed by atoms with E-state index in [1.54, 1.807) is 0 Å². The number of rotatable bonds is 6. The van der Waals surface area contributed by atoms with Gasteiger partial charge in [0.25, 0.3) is 0 Å². The third-order valence-electron chi connectivity index (χ3n) is 3.45. The Kier molecular flexibility index (Phi) is 5.22. The number of nitrogens with zero attached hydrogens (tertiary/aromatic N) is 2. The van der Waals surface area contributed by atoms with E-state index >= 15 is 0 Å². The summed E-state index contributed by atoms with van der Waals surface area (Å²) >= 11 is 5.59. The van der Waals surface area contributed by atoms with Gasteiger partial charge >= 0.3 is 0 Å². The lowest BCUT2D eigenvalue weighted by Crippen LogP contribution is -2.31. The minimum absolute atomic E-state index is 0.0495. The average Bonchev–Trinajstić information content (AvgIpc) is 2.81. The molecule has 19 heavy (non-hydrogen) atoms. The Morgan fingerprint density at radius 1 is 1.63 bits per heavy atom. The maximum atomic E-state index is 11.8. The van der Waals surface area contributed by atoms with Gasteiger partial charge in [-0.05, 0) is 25.7 Å². The second-order valence-corrected chi connectivity index (χ2v) is 5.18. The van der Waals surface area contributed by atoms with Gasteiger partial charge in [-0.2, -0.15) is 5.10 Å². The van der Waals surface area contributed by atoms with Crippen LogP contribution < -0.4 is 5.32 Å². The highest BCUT2D eigenvalue weighted by Gasteiger charge is 2.25. The fraction of sp³-hybridized carbons (Fsp3) is 0.692. The Labute approximate surface area is 117 Å². The predicted octanol–water partition coefficient (Wildman–Crippen LogP) is 1.39. The summed E-state index contributed by atoms with van der Waals surface area (Å²) in [5.74, 6) is 0.561. The van der Waals surface area contributed by atoms with Crippen LogP contribution in [-0.4, -0.2) is 33.3 Å². The molecule has 5 nitrogen and oxygen atoms in total. The van der Waals surface area contributed by atoms with Crippen LogP contribution in [0.3, 0.4) is 0 Å². The number of amides is 1. The Morgan fingerprint density at radius 2 is 2.47 bits per heavy atom. The SMILES string of the molecule is O=C(CCCCl)NC1CCCc2c1cnn2CCO. The fourth-order valence-corrected chi connectivity index (χ4v) is 2.68. The number of nitrogens with one attached hydrogen (secondary N) is 1. The van der Waals surface area contributed by atoms with Crippen LogP contribution in [0, 0.1) is 0 Å². The highest BCUT2D eigenvalue weighted by atomic mass is 35.5. The van der Waals surface area contributed by atoms with Gasteiger partial charge < -0.3 is 10.4 Å². The summed E-state index contributed by atoms with van der Waals surface area (Å²) in [6, 6.07) is 0.0546. The number of halogens is 1. The van der Waals surface area contributed by atoms with Crippen molar-refractivity contribution in [2.24, 2.45) is 0 Å². The Hall–Kier alpha value is -1.07. The zero-order valence-electron chi connectivity index (χ0n) is 10.9. The molecule has 0 aromatic carbocycles. The Balaban J connectivity index is 2.03. The highest BCUT2D eigenvalue weighted by Crippen LogP contribution is 2.29. The van der Waals surface area contributed by atoms with Crippen LogP contribution in [0.15, 0.2) is 6.20 Å². The van der Waals surface area contributed by atoms with E-state index in [9.17, 15) is 4.79 Å². The molecule has 0 saturated heterocycles. The quantitative estimate of drug-likeness (QED) is 0.776. The molecule has 0 spiro atoms. The van der Waals surface area contributed by atoms with Crippen LogP contribution in [0.25, 0.3) is 0 Å². The third-order valence-corrected chi connectivity index (χ3v) is 3.71. The van der Waals surface area contributed by atoms with Crippen molar-refractivity contribution in [3.05, 3.63) is 17.5 Å². The van der Waals surface area contributed by atoms with E-state index in [1.165, 1.54) is 0 Å². The average molecular weight is 286 g/mol. The standard InChI is InChI=1S/C13H20ClN3O2/c14-6-2-5-13(19)16-11-3-1-4-12-10(11)9-15-17(12)7-8-18/h9,11,18H,1-8H2,(H,16,19). The first kappa shape index (κ1) is 14.3. The zero-order chi connectivity index (χ0) is 13.7. The van der Waals surface area contributed by atoms with Crippen molar-refractivity contribution in [1.82, 2.24) is 15.1 Å². The molecule has 2 N–H and O–H groups in total. The van der Waals surface area contributed by atoms with Crippen molar-refractivity contribution in [3.63, 3.8) is 0 Å². The Bertz CT molecular complexity index is 434. The van der Waals surface area contributed by atoms with Crippen molar-refractivity contribution < 1.29 is 9.90 Å². The first-order valence-electron chi connectivity index (χ1n) is 6.77. The van der Waals surface area contributed by atoms with Gasteiger partial charge in [0.15, 0.2) is 0 Å². The maximum Gasteiger partial charge on any atom is 0.220 e. The molecule has 0 fully saturated rings. The normalized spacial score (nSPS) is 18.1. The van der Waals surface area contributed by atoms with Crippen LogP contribution in [0.2, 0.25) is 0 Å². The molecule has 1 aliphatic rings. The van der Waals surface area contributed by atoms with Crippen LogP contribution in [0.5, 0.6) is 0 Å². The summed E-state index contributed by atoms with van der Waals surface area (Å²) < 4.78 is 1.84. The van der Waals surface area contributed by atoms with Crippen molar-refractivity contribution in [2.75, 3.05) is 12.5 Å². The molecule has 1 aromatic heterocycles. The summed E-state index contributed by atoms with van der Waals surface area (Å²) in [5, 5.41) is 16.3. The van der Waals surface area contributed by atoms with Crippen LogP contribution in [0.1, 0.15) is 43.0 Å². The van der Waals surface area contributed by atoms with Gasteiger partial charge in [0.2, 0.25) is 5.91 Å². The van der Waals surface area contributed by atoms with Crippen molar-refractivity contribution >= 4 is 17.5 Å². The number of carbonyl (C=O) groups excluding carboxylic acids is 1. The molecular formula is C13H20ClN3O2. The van der Waals surface area contributed by atoms with E-state index in [0.717, 1.165) is 30.5 Å². The minimum Gasteiger partial charge on any atom is -0.394 e. The van der Waals surface area contributed by atoms with E-state index < -0.39 is 0 Å². The molecule has 1 atom stereocenters. The van der Waals surface area contributed by atoms with Gasteiger partial charge in [0.05, 0.1) is 25.4 Å². The number of carbonyl (C=O) groups is 1. The summed E-state index contributed by atoms with van der Waals surface area (Å²) in [5.41, 5.74) is 2.24. The van der Waals surface area contributed by atoms with E-state index in [-0.39, 0.29) is 18.6 Å². The van der Waals surface area contributed by atoms with E-state index in [1.807, 2.05) is 10.9 Å². The molecule has 2 rings (SSSR count). The molecule has 1 aliphatic carbocycles. The van der Waals surface area contributed by atoms with Crippen molar-refractivity contribution in [3.8, 4) is 0 Å². The molecule has 0 saturated carbocycles. The topological polar surface area (TPSA) is 67.2 Å². The largest absolute Gasteiger partial charge is 0.394 e. The van der Waals surface area contributed by atoms with Gasteiger partial charge in [-0.1, -0.05) is 0 Å². The molecular weight excluding hydrogens is 266 g/mol. The first-order chi connectivity index (χ1) is 9.26. The second kappa shape index (κ2) is 6.91. The predicted molar refractivity (Wildman–Crippen MR) is 73.1 cm³/mol. The summed E-state index contributed by atoms with van der Waals surface area (Å²) in [6.07, 6.45) is 5.94.